The highest BCUT2D eigenvalue weighted by Crippen LogP contribution is 2.34. The van der Waals surface area contributed by atoms with Crippen LogP contribution in [-0.2, 0) is 12.8 Å². The topological polar surface area (TPSA) is 12.0 Å². The lowest BCUT2D eigenvalue weighted by molar-refractivity contribution is 0.923. The van der Waals surface area contributed by atoms with Crippen molar-refractivity contribution >= 4 is 5.69 Å². The van der Waals surface area contributed by atoms with Crippen molar-refractivity contribution in [1.29, 1.82) is 0 Å². The summed E-state index contributed by atoms with van der Waals surface area (Å²) in [6.07, 6.45) is 3.50. The lowest BCUT2D eigenvalue weighted by Crippen LogP contribution is -1.92. The molecule has 0 aliphatic carbocycles. The fourth-order valence-corrected chi connectivity index (χ4v) is 2.87. The highest BCUT2D eigenvalue weighted by Gasteiger charge is 2.16. The zero-order valence-electron chi connectivity index (χ0n) is 10.9. The summed E-state index contributed by atoms with van der Waals surface area (Å²) in [5.74, 6) is 0. The summed E-state index contributed by atoms with van der Waals surface area (Å²) >= 11 is 0. The molecule has 2 aromatic rings. The molecule has 92 valence electrons. The van der Waals surface area contributed by atoms with Crippen molar-refractivity contribution in [3.63, 3.8) is 0 Å². The van der Waals surface area contributed by atoms with Crippen LogP contribution in [0.25, 0.3) is 11.1 Å². The Morgan fingerprint density at radius 2 is 1.83 bits per heavy atom. The molecule has 0 radical (unpaired) electrons. The SMILES string of the molecule is CCCc1ccccc1-c1cccc2c1CCN2. The maximum atomic E-state index is 3.46. The third-order valence-electron chi connectivity index (χ3n) is 3.69. The molecule has 0 aromatic heterocycles. The summed E-state index contributed by atoms with van der Waals surface area (Å²) in [5.41, 5.74) is 7.11. The second kappa shape index (κ2) is 4.85. The second-order valence-electron chi connectivity index (χ2n) is 4.92. The van der Waals surface area contributed by atoms with Crippen molar-refractivity contribution in [1.82, 2.24) is 0 Å². The molecule has 2 aromatic carbocycles. The number of hydrogen-bond donors (Lipinski definition) is 1. The van der Waals surface area contributed by atoms with Crippen molar-refractivity contribution < 1.29 is 0 Å². The van der Waals surface area contributed by atoms with Crippen molar-refractivity contribution in [2.24, 2.45) is 0 Å². The maximum absolute atomic E-state index is 3.46. The van der Waals surface area contributed by atoms with Crippen LogP contribution < -0.4 is 5.32 Å². The van der Waals surface area contributed by atoms with E-state index >= 15 is 0 Å². The van der Waals surface area contributed by atoms with E-state index in [9.17, 15) is 0 Å². The molecule has 0 amide bonds. The molecule has 1 heteroatoms. The fourth-order valence-electron chi connectivity index (χ4n) is 2.87. The van der Waals surface area contributed by atoms with Crippen molar-refractivity contribution in [3.05, 3.63) is 53.6 Å². The molecule has 18 heavy (non-hydrogen) atoms. The molecule has 0 saturated heterocycles. The second-order valence-corrected chi connectivity index (χ2v) is 4.92. The number of nitrogens with one attached hydrogen (secondary N) is 1. The van der Waals surface area contributed by atoms with E-state index in [2.05, 4.69) is 54.7 Å². The Morgan fingerprint density at radius 1 is 1.00 bits per heavy atom. The lowest BCUT2D eigenvalue weighted by Gasteiger charge is -2.12. The van der Waals surface area contributed by atoms with E-state index < -0.39 is 0 Å². The average molecular weight is 237 g/mol. The smallest absolute Gasteiger partial charge is 0.0379 e. The Balaban J connectivity index is 2.13. The minimum atomic E-state index is 1.07. The Bertz CT molecular complexity index is 557. The molecular formula is C17H19N. The predicted octanol–water partition coefficient (Wildman–Crippen LogP) is 4.27. The summed E-state index contributed by atoms with van der Waals surface area (Å²) in [4.78, 5) is 0. The molecular weight excluding hydrogens is 218 g/mol. The number of rotatable bonds is 3. The molecule has 1 nitrogen and oxygen atoms in total. The van der Waals surface area contributed by atoms with E-state index in [0.29, 0.717) is 0 Å². The summed E-state index contributed by atoms with van der Waals surface area (Å²) < 4.78 is 0. The van der Waals surface area contributed by atoms with E-state index in [4.69, 9.17) is 0 Å². The molecule has 3 rings (SSSR count). The summed E-state index contributed by atoms with van der Waals surface area (Å²) in [6, 6.07) is 15.4. The van der Waals surface area contributed by atoms with Crippen molar-refractivity contribution in [2.75, 3.05) is 11.9 Å². The molecule has 0 bridgehead atoms. The quantitative estimate of drug-likeness (QED) is 0.840. The molecule has 0 spiro atoms. The Morgan fingerprint density at radius 3 is 2.72 bits per heavy atom. The molecule has 0 atom stereocenters. The first-order chi connectivity index (χ1) is 8.90. The van der Waals surface area contributed by atoms with Crippen LogP contribution in [0.4, 0.5) is 5.69 Å². The van der Waals surface area contributed by atoms with Crippen molar-refractivity contribution in [3.8, 4) is 11.1 Å². The summed E-state index contributed by atoms with van der Waals surface area (Å²) in [7, 11) is 0. The van der Waals surface area contributed by atoms with Crippen LogP contribution >= 0.6 is 0 Å². The monoisotopic (exact) mass is 237 g/mol. The van der Waals surface area contributed by atoms with Gasteiger partial charge in [0.1, 0.15) is 0 Å². The Hall–Kier alpha value is -1.76. The molecule has 0 unspecified atom stereocenters. The number of hydrogen-bond acceptors (Lipinski definition) is 1. The Labute approximate surface area is 109 Å². The van der Waals surface area contributed by atoms with Crippen LogP contribution in [0.2, 0.25) is 0 Å². The maximum Gasteiger partial charge on any atom is 0.0379 e. The van der Waals surface area contributed by atoms with E-state index in [-0.39, 0.29) is 0 Å². The number of aryl methyl sites for hydroxylation is 1. The van der Waals surface area contributed by atoms with Gasteiger partial charge in [0.2, 0.25) is 0 Å². The Kier molecular flexibility index (Phi) is 3.06. The zero-order chi connectivity index (χ0) is 12.4. The minimum Gasteiger partial charge on any atom is -0.384 e. The minimum absolute atomic E-state index is 1.07. The molecule has 0 fully saturated rings. The first-order valence-corrected chi connectivity index (χ1v) is 6.84. The van der Waals surface area contributed by atoms with Gasteiger partial charge in [0.25, 0.3) is 0 Å². The van der Waals surface area contributed by atoms with Gasteiger partial charge < -0.3 is 5.32 Å². The largest absolute Gasteiger partial charge is 0.384 e. The van der Waals surface area contributed by atoms with Gasteiger partial charge in [-0.3, -0.25) is 0 Å². The molecule has 0 saturated carbocycles. The van der Waals surface area contributed by atoms with Gasteiger partial charge in [0, 0.05) is 12.2 Å². The first-order valence-electron chi connectivity index (χ1n) is 6.84. The number of benzene rings is 2. The van der Waals surface area contributed by atoms with Gasteiger partial charge in [-0.25, -0.2) is 0 Å². The molecule has 1 N–H and O–H groups in total. The highest BCUT2D eigenvalue weighted by molar-refractivity contribution is 5.77. The van der Waals surface area contributed by atoms with E-state index in [1.165, 1.54) is 34.4 Å². The normalized spacial score (nSPS) is 13.2. The van der Waals surface area contributed by atoms with Gasteiger partial charge in [0.15, 0.2) is 0 Å². The average Bonchev–Trinajstić information content (AvgIpc) is 2.88. The number of fused-ring (bicyclic) bond motifs is 1. The van der Waals surface area contributed by atoms with Crippen molar-refractivity contribution in [2.45, 2.75) is 26.2 Å². The predicted molar refractivity (Wildman–Crippen MR) is 78.1 cm³/mol. The van der Waals surface area contributed by atoms with Crippen LogP contribution in [0.5, 0.6) is 0 Å². The summed E-state index contributed by atoms with van der Waals surface area (Å²) in [6.45, 7) is 3.32. The standard InChI is InChI=1S/C17H19N/c1-2-6-13-7-3-4-8-14(13)15-9-5-10-17-16(15)11-12-18-17/h3-5,7-10,18H,2,6,11-12H2,1H3. The van der Waals surface area contributed by atoms with Crippen LogP contribution in [0, 0.1) is 0 Å². The summed E-state index contributed by atoms with van der Waals surface area (Å²) in [5, 5.41) is 3.46. The van der Waals surface area contributed by atoms with Gasteiger partial charge in [-0.15, -0.1) is 0 Å². The van der Waals surface area contributed by atoms with Gasteiger partial charge >= 0.3 is 0 Å². The van der Waals surface area contributed by atoms with E-state index in [0.717, 1.165) is 19.4 Å². The lowest BCUT2D eigenvalue weighted by atomic mass is 9.92. The van der Waals surface area contributed by atoms with Crippen LogP contribution in [0.3, 0.4) is 0 Å². The van der Waals surface area contributed by atoms with Gasteiger partial charge in [-0.05, 0) is 41.2 Å². The molecule has 1 aliphatic heterocycles. The van der Waals surface area contributed by atoms with Crippen LogP contribution in [0.15, 0.2) is 42.5 Å². The van der Waals surface area contributed by atoms with E-state index in [1.807, 2.05) is 0 Å². The van der Waals surface area contributed by atoms with Crippen LogP contribution in [0.1, 0.15) is 24.5 Å². The molecule has 1 heterocycles. The van der Waals surface area contributed by atoms with Gasteiger partial charge in [-0.2, -0.15) is 0 Å². The highest BCUT2D eigenvalue weighted by atomic mass is 14.9. The van der Waals surface area contributed by atoms with E-state index in [1.54, 1.807) is 0 Å². The third kappa shape index (κ3) is 1.90. The number of anilines is 1. The fraction of sp³-hybridized carbons (Fsp3) is 0.294. The van der Waals surface area contributed by atoms with Gasteiger partial charge in [-0.1, -0.05) is 49.7 Å². The van der Waals surface area contributed by atoms with Crippen LogP contribution in [-0.4, -0.2) is 6.54 Å². The first kappa shape index (κ1) is 11.3. The third-order valence-corrected chi connectivity index (χ3v) is 3.69. The van der Waals surface area contributed by atoms with Gasteiger partial charge in [0.05, 0.1) is 0 Å². The molecule has 1 aliphatic rings. The zero-order valence-corrected chi connectivity index (χ0v) is 10.9.